The highest BCUT2D eigenvalue weighted by Gasteiger charge is 2.31. The van der Waals surface area contributed by atoms with Crippen LogP contribution in [0, 0.1) is 18.3 Å². The smallest absolute Gasteiger partial charge is 0.196 e. The zero-order chi connectivity index (χ0) is 17.2. The van der Waals surface area contributed by atoms with Gasteiger partial charge >= 0.3 is 0 Å². The number of hydrogen-bond acceptors (Lipinski definition) is 4. The molecule has 1 aromatic heterocycles. The normalized spacial score (nSPS) is 13.6. The zero-order valence-corrected chi connectivity index (χ0v) is 14.8. The maximum atomic E-state index is 9.05. The molecule has 0 amide bonds. The molecular weight excluding hydrogens is 328 g/mol. The lowest BCUT2D eigenvalue weighted by Gasteiger charge is -2.10. The predicted octanol–water partition coefficient (Wildman–Crippen LogP) is 4.62. The van der Waals surface area contributed by atoms with Gasteiger partial charge in [-0.15, -0.1) is 10.2 Å². The Balaban J connectivity index is 1.63. The molecule has 0 saturated heterocycles. The Hall–Kier alpha value is -2.58. The van der Waals surface area contributed by atoms with E-state index in [-0.39, 0.29) is 0 Å². The van der Waals surface area contributed by atoms with Crippen LogP contribution >= 0.6 is 11.8 Å². The Morgan fingerprint density at radius 3 is 2.68 bits per heavy atom. The molecule has 0 bridgehead atoms. The third kappa shape index (κ3) is 3.45. The SMILES string of the molecule is Cc1ccc(-n2c(SCc3cccc(C#N)c3)nnc2C2CC2)cc1. The van der Waals surface area contributed by atoms with Gasteiger partial charge in [0, 0.05) is 17.4 Å². The van der Waals surface area contributed by atoms with Crippen molar-refractivity contribution in [1.29, 1.82) is 5.26 Å². The van der Waals surface area contributed by atoms with Crippen LogP contribution in [0.2, 0.25) is 0 Å². The van der Waals surface area contributed by atoms with E-state index >= 15 is 0 Å². The third-order valence-corrected chi connectivity index (χ3v) is 5.32. The Morgan fingerprint density at radius 1 is 1.16 bits per heavy atom. The van der Waals surface area contributed by atoms with E-state index in [0.29, 0.717) is 11.5 Å². The van der Waals surface area contributed by atoms with Crippen LogP contribution in [0.4, 0.5) is 0 Å². The van der Waals surface area contributed by atoms with Gasteiger partial charge in [0.1, 0.15) is 5.82 Å². The van der Waals surface area contributed by atoms with E-state index in [4.69, 9.17) is 5.26 Å². The second kappa shape index (κ2) is 6.73. The first kappa shape index (κ1) is 15.9. The van der Waals surface area contributed by atoms with Crippen molar-refractivity contribution in [3.63, 3.8) is 0 Å². The number of nitrogens with zero attached hydrogens (tertiary/aromatic N) is 4. The van der Waals surface area contributed by atoms with Gasteiger partial charge < -0.3 is 0 Å². The molecular formula is C20H18N4S. The monoisotopic (exact) mass is 346 g/mol. The van der Waals surface area contributed by atoms with Gasteiger partial charge in [0.05, 0.1) is 11.6 Å². The Labute approximate surface area is 151 Å². The third-order valence-electron chi connectivity index (χ3n) is 4.32. The minimum atomic E-state index is 0.532. The molecule has 1 aliphatic rings. The Bertz CT molecular complexity index is 933. The summed E-state index contributed by atoms with van der Waals surface area (Å²) in [6, 6.07) is 18.4. The summed E-state index contributed by atoms with van der Waals surface area (Å²) in [7, 11) is 0. The molecule has 0 unspecified atom stereocenters. The predicted molar refractivity (Wildman–Crippen MR) is 98.8 cm³/mol. The lowest BCUT2D eigenvalue weighted by molar-refractivity contribution is 0.829. The topological polar surface area (TPSA) is 54.5 Å². The second-order valence-electron chi connectivity index (χ2n) is 6.39. The average molecular weight is 346 g/mol. The van der Waals surface area contributed by atoms with Crippen LogP contribution < -0.4 is 0 Å². The first-order valence-electron chi connectivity index (χ1n) is 8.39. The van der Waals surface area contributed by atoms with Gasteiger partial charge in [0.25, 0.3) is 0 Å². The molecule has 0 atom stereocenters. The fourth-order valence-corrected chi connectivity index (χ4v) is 3.70. The molecule has 0 radical (unpaired) electrons. The standard InChI is InChI=1S/C20H18N4S/c1-14-5-9-18(10-6-14)24-19(17-7-8-17)22-23-20(24)25-13-16-4-2-3-15(11-16)12-21/h2-6,9-11,17H,7-8,13H2,1H3. The minimum Gasteiger partial charge on any atom is -0.274 e. The number of hydrogen-bond donors (Lipinski definition) is 0. The summed E-state index contributed by atoms with van der Waals surface area (Å²) < 4.78 is 2.19. The van der Waals surface area contributed by atoms with E-state index in [1.54, 1.807) is 11.8 Å². The van der Waals surface area contributed by atoms with Crippen LogP contribution in [-0.2, 0) is 5.75 Å². The first-order chi connectivity index (χ1) is 12.2. The van der Waals surface area contributed by atoms with Crippen molar-refractivity contribution in [2.45, 2.75) is 36.6 Å². The van der Waals surface area contributed by atoms with Gasteiger partial charge in [-0.05, 0) is 49.6 Å². The van der Waals surface area contributed by atoms with Crippen molar-refractivity contribution in [2.75, 3.05) is 0 Å². The summed E-state index contributed by atoms with van der Waals surface area (Å²) in [6.45, 7) is 2.09. The number of thioether (sulfide) groups is 1. The molecule has 1 saturated carbocycles. The fraction of sp³-hybridized carbons (Fsp3) is 0.250. The molecule has 0 spiro atoms. The molecule has 1 aliphatic carbocycles. The van der Waals surface area contributed by atoms with E-state index in [0.717, 1.165) is 28.0 Å². The average Bonchev–Trinajstić information content (AvgIpc) is 3.41. The number of rotatable bonds is 5. The van der Waals surface area contributed by atoms with Gasteiger partial charge in [-0.3, -0.25) is 4.57 Å². The van der Waals surface area contributed by atoms with Crippen LogP contribution in [0.15, 0.2) is 53.7 Å². The van der Waals surface area contributed by atoms with Crippen molar-refractivity contribution in [2.24, 2.45) is 0 Å². The molecule has 124 valence electrons. The molecule has 4 nitrogen and oxygen atoms in total. The number of aromatic nitrogens is 3. The zero-order valence-electron chi connectivity index (χ0n) is 14.0. The molecule has 1 heterocycles. The summed E-state index contributed by atoms with van der Waals surface area (Å²) in [5.41, 5.74) is 4.17. The second-order valence-corrected chi connectivity index (χ2v) is 7.33. The van der Waals surface area contributed by atoms with Gasteiger partial charge in [0.15, 0.2) is 5.16 Å². The van der Waals surface area contributed by atoms with Crippen LogP contribution in [0.3, 0.4) is 0 Å². The first-order valence-corrected chi connectivity index (χ1v) is 9.37. The molecule has 1 fully saturated rings. The van der Waals surface area contributed by atoms with E-state index in [1.807, 2.05) is 24.3 Å². The lowest BCUT2D eigenvalue weighted by Crippen LogP contribution is -2.02. The Morgan fingerprint density at radius 2 is 1.96 bits per heavy atom. The number of nitriles is 1. The van der Waals surface area contributed by atoms with Crippen LogP contribution in [0.1, 0.15) is 41.3 Å². The van der Waals surface area contributed by atoms with Crippen molar-refractivity contribution in [3.05, 3.63) is 71.0 Å². The van der Waals surface area contributed by atoms with Crippen molar-refractivity contribution < 1.29 is 0 Å². The summed E-state index contributed by atoms with van der Waals surface area (Å²) >= 11 is 1.66. The highest BCUT2D eigenvalue weighted by molar-refractivity contribution is 7.98. The van der Waals surface area contributed by atoms with Gasteiger partial charge in [-0.1, -0.05) is 41.6 Å². The van der Waals surface area contributed by atoms with Crippen LogP contribution in [0.25, 0.3) is 5.69 Å². The van der Waals surface area contributed by atoms with Crippen LogP contribution in [-0.4, -0.2) is 14.8 Å². The summed E-state index contributed by atoms with van der Waals surface area (Å²) in [5, 5.41) is 18.9. The maximum absolute atomic E-state index is 9.05. The van der Waals surface area contributed by atoms with E-state index in [1.165, 1.54) is 18.4 Å². The van der Waals surface area contributed by atoms with E-state index < -0.39 is 0 Å². The van der Waals surface area contributed by atoms with E-state index in [9.17, 15) is 0 Å². The van der Waals surface area contributed by atoms with Gasteiger partial charge in [0.2, 0.25) is 0 Å². The molecule has 5 heteroatoms. The molecule has 2 aromatic carbocycles. The fourth-order valence-electron chi connectivity index (χ4n) is 2.80. The molecule has 0 N–H and O–H groups in total. The van der Waals surface area contributed by atoms with Crippen molar-refractivity contribution in [1.82, 2.24) is 14.8 Å². The quantitative estimate of drug-likeness (QED) is 0.633. The Kier molecular flexibility index (Phi) is 4.29. The number of benzene rings is 2. The number of aryl methyl sites for hydroxylation is 1. The molecule has 0 aliphatic heterocycles. The highest BCUT2D eigenvalue weighted by Crippen LogP contribution is 2.41. The van der Waals surface area contributed by atoms with Gasteiger partial charge in [-0.25, -0.2) is 0 Å². The molecule has 25 heavy (non-hydrogen) atoms. The largest absolute Gasteiger partial charge is 0.274 e. The summed E-state index contributed by atoms with van der Waals surface area (Å²) in [6.07, 6.45) is 2.39. The lowest BCUT2D eigenvalue weighted by atomic mass is 10.2. The van der Waals surface area contributed by atoms with E-state index in [2.05, 4.69) is 52.0 Å². The van der Waals surface area contributed by atoms with Gasteiger partial charge in [-0.2, -0.15) is 5.26 Å². The van der Waals surface area contributed by atoms with Crippen LogP contribution in [0.5, 0.6) is 0 Å². The van der Waals surface area contributed by atoms with Crippen molar-refractivity contribution >= 4 is 11.8 Å². The molecule has 4 rings (SSSR count). The summed E-state index contributed by atoms with van der Waals surface area (Å²) in [4.78, 5) is 0. The highest BCUT2D eigenvalue weighted by atomic mass is 32.2. The maximum Gasteiger partial charge on any atom is 0.196 e. The molecule has 3 aromatic rings. The minimum absolute atomic E-state index is 0.532. The summed E-state index contributed by atoms with van der Waals surface area (Å²) in [5.74, 6) is 2.37. The van der Waals surface area contributed by atoms with Crippen molar-refractivity contribution in [3.8, 4) is 11.8 Å².